The first-order chi connectivity index (χ1) is 13.7. The number of carbonyl (C=O) groups is 1. The Kier molecular flexibility index (Phi) is 6.95. The molecule has 0 aliphatic carbocycles. The second-order valence-electron chi connectivity index (χ2n) is 6.57. The summed E-state index contributed by atoms with van der Waals surface area (Å²) < 4.78 is 13.4. The summed E-state index contributed by atoms with van der Waals surface area (Å²) in [6.45, 7) is 6.38. The van der Waals surface area contributed by atoms with Gasteiger partial charge in [-0.1, -0.05) is 24.3 Å². The van der Waals surface area contributed by atoms with Crippen molar-refractivity contribution in [3.63, 3.8) is 0 Å². The van der Waals surface area contributed by atoms with Crippen LogP contribution in [0.2, 0.25) is 0 Å². The molecular weight excluding hydrogens is 352 g/mol. The third-order valence-electron chi connectivity index (χ3n) is 4.60. The topological polar surface area (TPSA) is 52.5 Å². The molecule has 0 spiro atoms. The van der Waals surface area contributed by atoms with Crippen LogP contribution < -0.4 is 14.8 Å². The molecule has 2 aromatic carbocycles. The van der Waals surface area contributed by atoms with Gasteiger partial charge in [0.15, 0.2) is 11.5 Å². The number of carbonyl (C=O) groups excluding carboxylic acids is 1. The lowest BCUT2D eigenvalue weighted by molar-refractivity contribution is -0.121. The molecule has 1 amide bonds. The predicted molar refractivity (Wildman–Crippen MR) is 112 cm³/mol. The maximum absolute atomic E-state index is 12.2. The largest absolute Gasteiger partial charge is 0.490 e. The molecule has 1 N–H and O–H groups in total. The number of hydrogen-bond donors (Lipinski definition) is 1. The molecule has 0 bridgehead atoms. The van der Waals surface area contributed by atoms with Gasteiger partial charge in [0.2, 0.25) is 5.91 Å². The van der Waals surface area contributed by atoms with Crippen molar-refractivity contribution in [2.75, 3.05) is 19.8 Å². The Hall–Kier alpha value is -2.95. The number of nitrogens with zero attached hydrogens (tertiary/aromatic N) is 1. The number of ether oxygens (including phenoxy) is 2. The molecule has 0 unspecified atom stereocenters. The van der Waals surface area contributed by atoms with Crippen LogP contribution in [-0.4, -0.2) is 30.2 Å². The van der Waals surface area contributed by atoms with Gasteiger partial charge in [-0.3, -0.25) is 4.79 Å². The quantitative estimate of drug-likeness (QED) is 0.574. The number of para-hydroxylation sites is 1. The van der Waals surface area contributed by atoms with Crippen molar-refractivity contribution in [1.82, 2.24) is 9.88 Å². The zero-order valence-electron chi connectivity index (χ0n) is 16.6. The SMILES string of the molecule is CCOc1ccc(CCNC(=O)CCn2ccc3ccccc32)cc1OCC. The first kappa shape index (κ1) is 19.8. The monoisotopic (exact) mass is 380 g/mol. The number of nitrogens with one attached hydrogen (secondary N) is 1. The normalized spacial score (nSPS) is 10.8. The van der Waals surface area contributed by atoms with Crippen LogP contribution >= 0.6 is 0 Å². The molecule has 0 fully saturated rings. The van der Waals surface area contributed by atoms with Crippen LogP contribution in [0.25, 0.3) is 10.9 Å². The fourth-order valence-corrected chi connectivity index (χ4v) is 3.24. The zero-order chi connectivity index (χ0) is 19.8. The molecule has 0 aliphatic rings. The van der Waals surface area contributed by atoms with E-state index in [9.17, 15) is 4.79 Å². The van der Waals surface area contributed by atoms with Crippen LogP contribution in [0.5, 0.6) is 11.5 Å². The Morgan fingerprint density at radius 2 is 1.79 bits per heavy atom. The minimum Gasteiger partial charge on any atom is -0.490 e. The van der Waals surface area contributed by atoms with Gasteiger partial charge >= 0.3 is 0 Å². The summed E-state index contributed by atoms with van der Waals surface area (Å²) in [5, 5.41) is 4.21. The van der Waals surface area contributed by atoms with E-state index in [0.717, 1.165) is 29.0 Å². The van der Waals surface area contributed by atoms with E-state index in [1.54, 1.807) is 0 Å². The third-order valence-corrected chi connectivity index (χ3v) is 4.60. The van der Waals surface area contributed by atoms with Crippen LogP contribution in [-0.2, 0) is 17.8 Å². The summed E-state index contributed by atoms with van der Waals surface area (Å²) in [7, 11) is 0. The molecule has 148 valence electrons. The maximum Gasteiger partial charge on any atom is 0.221 e. The summed E-state index contributed by atoms with van der Waals surface area (Å²) in [5.74, 6) is 1.58. The number of amides is 1. The molecule has 5 heteroatoms. The Morgan fingerprint density at radius 3 is 2.61 bits per heavy atom. The summed E-state index contributed by atoms with van der Waals surface area (Å²) in [6, 6.07) is 16.2. The summed E-state index contributed by atoms with van der Waals surface area (Å²) in [4.78, 5) is 12.2. The van der Waals surface area contributed by atoms with Crippen molar-refractivity contribution in [2.24, 2.45) is 0 Å². The second kappa shape index (κ2) is 9.83. The molecule has 3 rings (SSSR count). The smallest absolute Gasteiger partial charge is 0.221 e. The van der Waals surface area contributed by atoms with E-state index >= 15 is 0 Å². The van der Waals surface area contributed by atoms with E-state index < -0.39 is 0 Å². The first-order valence-corrected chi connectivity index (χ1v) is 9.90. The lowest BCUT2D eigenvalue weighted by Gasteiger charge is -2.13. The second-order valence-corrected chi connectivity index (χ2v) is 6.57. The number of benzene rings is 2. The number of aromatic nitrogens is 1. The lowest BCUT2D eigenvalue weighted by Crippen LogP contribution is -2.26. The van der Waals surface area contributed by atoms with Crippen molar-refractivity contribution in [1.29, 1.82) is 0 Å². The highest BCUT2D eigenvalue weighted by Crippen LogP contribution is 2.28. The van der Waals surface area contributed by atoms with E-state index in [-0.39, 0.29) is 5.91 Å². The Bertz CT molecular complexity index is 917. The highest BCUT2D eigenvalue weighted by atomic mass is 16.5. The molecule has 5 nitrogen and oxygen atoms in total. The highest BCUT2D eigenvalue weighted by Gasteiger charge is 2.08. The predicted octanol–water partition coefficient (Wildman–Crippen LogP) is 4.19. The van der Waals surface area contributed by atoms with Gasteiger partial charge in [0, 0.05) is 31.2 Å². The summed E-state index contributed by atoms with van der Waals surface area (Å²) in [5.41, 5.74) is 2.27. The van der Waals surface area contributed by atoms with Gasteiger partial charge in [-0.15, -0.1) is 0 Å². The highest BCUT2D eigenvalue weighted by molar-refractivity contribution is 5.80. The first-order valence-electron chi connectivity index (χ1n) is 9.90. The van der Waals surface area contributed by atoms with E-state index in [1.807, 2.05) is 50.4 Å². The Morgan fingerprint density at radius 1 is 1.00 bits per heavy atom. The van der Waals surface area contributed by atoms with Crippen LogP contribution in [0.3, 0.4) is 0 Å². The molecule has 0 saturated carbocycles. The van der Waals surface area contributed by atoms with Crippen molar-refractivity contribution in [3.05, 3.63) is 60.3 Å². The zero-order valence-corrected chi connectivity index (χ0v) is 16.6. The van der Waals surface area contributed by atoms with Gasteiger partial charge < -0.3 is 19.4 Å². The molecule has 0 aliphatic heterocycles. The molecule has 0 atom stereocenters. The molecule has 3 aromatic rings. The van der Waals surface area contributed by atoms with Crippen LogP contribution in [0.15, 0.2) is 54.7 Å². The van der Waals surface area contributed by atoms with Gasteiger partial charge in [0.05, 0.1) is 13.2 Å². The summed E-state index contributed by atoms with van der Waals surface area (Å²) in [6.07, 6.45) is 3.25. The van der Waals surface area contributed by atoms with Gasteiger partial charge in [-0.2, -0.15) is 0 Å². The number of hydrogen-bond acceptors (Lipinski definition) is 3. The van der Waals surface area contributed by atoms with Crippen molar-refractivity contribution >= 4 is 16.8 Å². The van der Waals surface area contributed by atoms with E-state index in [0.29, 0.717) is 32.7 Å². The Labute approximate surface area is 166 Å². The van der Waals surface area contributed by atoms with Crippen LogP contribution in [0.1, 0.15) is 25.8 Å². The van der Waals surface area contributed by atoms with Crippen molar-refractivity contribution in [2.45, 2.75) is 33.2 Å². The van der Waals surface area contributed by atoms with E-state index in [2.05, 4.69) is 28.1 Å². The molecule has 1 heterocycles. The number of fused-ring (bicyclic) bond motifs is 1. The number of rotatable bonds is 10. The van der Waals surface area contributed by atoms with Gasteiger partial charge in [0.1, 0.15) is 0 Å². The minimum atomic E-state index is 0.0637. The fraction of sp³-hybridized carbons (Fsp3) is 0.348. The van der Waals surface area contributed by atoms with Gasteiger partial charge in [-0.25, -0.2) is 0 Å². The van der Waals surface area contributed by atoms with Gasteiger partial charge in [-0.05, 0) is 55.5 Å². The molecule has 0 saturated heterocycles. The molecular formula is C23H28N2O3. The number of aryl methyl sites for hydroxylation is 1. The maximum atomic E-state index is 12.2. The molecule has 28 heavy (non-hydrogen) atoms. The molecule has 0 radical (unpaired) electrons. The minimum absolute atomic E-state index is 0.0637. The average Bonchev–Trinajstić information content (AvgIpc) is 3.12. The van der Waals surface area contributed by atoms with Crippen molar-refractivity contribution in [3.8, 4) is 11.5 Å². The van der Waals surface area contributed by atoms with Crippen molar-refractivity contribution < 1.29 is 14.3 Å². The molecule has 1 aromatic heterocycles. The fourth-order valence-electron chi connectivity index (χ4n) is 3.24. The van der Waals surface area contributed by atoms with Crippen LogP contribution in [0, 0.1) is 0 Å². The van der Waals surface area contributed by atoms with E-state index in [4.69, 9.17) is 9.47 Å². The third kappa shape index (κ3) is 5.06. The van der Waals surface area contributed by atoms with Gasteiger partial charge in [0.25, 0.3) is 0 Å². The average molecular weight is 380 g/mol. The summed E-state index contributed by atoms with van der Waals surface area (Å²) >= 11 is 0. The standard InChI is InChI=1S/C23H28N2O3/c1-3-27-21-10-9-18(17-22(21)28-4-2)11-14-24-23(26)13-16-25-15-12-19-7-5-6-8-20(19)25/h5-10,12,15,17H,3-4,11,13-14,16H2,1-2H3,(H,24,26). The van der Waals surface area contributed by atoms with E-state index in [1.165, 1.54) is 5.39 Å². The lowest BCUT2D eigenvalue weighted by atomic mass is 10.1. The Balaban J connectivity index is 1.48. The van der Waals surface area contributed by atoms with Crippen LogP contribution in [0.4, 0.5) is 0 Å².